The number of oxime groups is 1. The smallest absolute Gasteiger partial charge is 0.153 e. The van der Waals surface area contributed by atoms with Crippen LogP contribution in [-0.4, -0.2) is 41.7 Å². The summed E-state index contributed by atoms with van der Waals surface area (Å²) in [5.41, 5.74) is 8.13. The third-order valence-electron chi connectivity index (χ3n) is 3.47. The first kappa shape index (κ1) is 14.7. The van der Waals surface area contributed by atoms with Crippen molar-refractivity contribution in [3.05, 3.63) is 29.3 Å². The van der Waals surface area contributed by atoms with Gasteiger partial charge in [0.25, 0.3) is 0 Å². The summed E-state index contributed by atoms with van der Waals surface area (Å²) < 4.78 is 5.97. The molecule has 0 bridgehead atoms. The third-order valence-corrected chi connectivity index (χ3v) is 3.47. The van der Waals surface area contributed by atoms with E-state index < -0.39 is 0 Å². The van der Waals surface area contributed by atoms with Crippen molar-refractivity contribution in [1.29, 1.82) is 0 Å². The van der Waals surface area contributed by atoms with Crippen LogP contribution in [0.4, 0.5) is 0 Å². The lowest BCUT2D eigenvalue weighted by atomic mass is 10.1. The van der Waals surface area contributed by atoms with Crippen LogP contribution in [0.3, 0.4) is 0 Å². The molecule has 1 unspecified atom stereocenters. The van der Waals surface area contributed by atoms with Crippen LogP contribution in [-0.2, 0) is 6.42 Å². The molecule has 1 aromatic carbocycles. The van der Waals surface area contributed by atoms with E-state index in [4.69, 9.17) is 15.7 Å². The van der Waals surface area contributed by atoms with Crippen molar-refractivity contribution in [2.45, 2.75) is 32.8 Å². The van der Waals surface area contributed by atoms with E-state index in [2.05, 4.69) is 36.0 Å². The van der Waals surface area contributed by atoms with E-state index in [-0.39, 0.29) is 11.9 Å². The van der Waals surface area contributed by atoms with Crippen LogP contribution >= 0.6 is 0 Å². The molecule has 0 aromatic heterocycles. The molecule has 20 heavy (non-hydrogen) atoms. The maximum Gasteiger partial charge on any atom is 0.153 e. The molecule has 5 nitrogen and oxygen atoms in total. The van der Waals surface area contributed by atoms with Gasteiger partial charge in [-0.25, -0.2) is 0 Å². The number of hydrogen-bond acceptors (Lipinski definition) is 4. The Balaban J connectivity index is 1.96. The lowest BCUT2D eigenvalue weighted by Gasteiger charge is -2.24. The van der Waals surface area contributed by atoms with Crippen LogP contribution < -0.4 is 10.5 Å². The highest BCUT2D eigenvalue weighted by molar-refractivity contribution is 5.81. The number of benzene rings is 1. The molecule has 0 amide bonds. The second-order valence-corrected chi connectivity index (χ2v) is 5.38. The number of rotatable bonds is 6. The Morgan fingerprint density at radius 3 is 3.05 bits per heavy atom. The fourth-order valence-electron chi connectivity index (χ4n) is 2.65. The molecule has 1 aliphatic heterocycles. The van der Waals surface area contributed by atoms with Gasteiger partial charge in [-0.05, 0) is 31.5 Å². The molecule has 0 saturated heterocycles. The molecule has 3 N–H and O–H groups in total. The van der Waals surface area contributed by atoms with E-state index in [0.29, 0.717) is 6.54 Å². The molecule has 5 heteroatoms. The van der Waals surface area contributed by atoms with Crippen molar-refractivity contribution in [2.75, 3.05) is 19.6 Å². The Hall–Kier alpha value is -1.75. The number of nitrogens with two attached hydrogens (primary N) is 1. The Morgan fingerprint density at radius 2 is 2.35 bits per heavy atom. The monoisotopic (exact) mass is 277 g/mol. The van der Waals surface area contributed by atoms with Gasteiger partial charge in [0.15, 0.2) is 5.84 Å². The zero-order valence-corrected chi connectivity index (χ0v) is 12.2. The average Bonchev–Trinajstić information content (AvgIpc) is 2.80. The van der Waals surface area contributed by atoms with Gasteiger partial charge in [0.2, 0.25) is 0 Å². The highest BCUT2D eigenvalue weighted by atomic mass is 16.5. The molecule has 1 aliphatic rings. The summed E-state index contributed by atoms with van der Waals surface area (Å²) in [5.74, 6) is 1.23. The fraction of sp³-hybridized carbons (Fsp3) is 0.533. The van der Waals surface area contributed by atoms with Crippen LogP contribution in [0.1, 0.15) is 24.5 Å². The normalized spacial score (nSPS) is 18.1. The second kappa shape index (κ2) is 6.61. The standard InChI is InChI=1S/C15H23N3O2/c1-3-6-18(10-15(16)17-19)9-13-8-12-7-11(2)4-5-14(12)20-13/h4-5,7,13,19H,3,6,8-10H2,1-2H3,(H2,16,17). The van der Waals surface area contributed by atoms with Gasteiger partial charge in [-0.2, -0.15) is 0 Å². The first-order chi connectivity index (χ1) is 9.62. The summed E-state index contributed by atoms with van der Waals surface area (Å²) in [6, 6.07) is 6.29. The molecule has 0 saturated carbocycles. The van der Waals surface area contributed by atoms with Crippen LogP contribution in [0.5, 0.6) is 5.75 Å². The fourth-order valence-corrected chi connectivity index (χ4v) is 2.65. The van der Waals surface area contributed by atoms with Crippen LogP contribution in [0, 0.1) is 6.92 Å². The molecule has 0 aliphatic carbocycles. The number of ether oxygens (including phenoxy) is 1. The van der Waals surface area contributed by atoms with Crippen LogP contribution in [0.2, 0.25) is 0 Å². The highest BCUT2D eigenvalue weighted by Crippen LogP contribution is 2.29. The van der Waals surface area contributed by atoms with Crippen molar-refractivity contribution in [3.8, 4) is 5.75 Å². The van der Waals surface area contributed by atoms with Gasteiger partial charge in [0.1, 0.15) is 11.9 Å². The molecular formula is C15H23N3O2. The SMILES string of the molecule is CCCN(CC(N)=NO)CC1Cc2cc(C)ccc2O1. The number of amidine groups is 1. The summed E-state index contributed by atoms with van der Waals surface area (Å²) in [4.78, 5) is 2.17. The van der Waals surface area contributed by atoms with E-state index in [0.717, 1.165) is 31.7 Å². The van der Waals surface area contributed by atoms with Crippen LogP contribution in [0.15, 0.2) is 23.4 Å². The van der Waals surface area contributed by atoms with Crippen molar-refractivity contribution >= 4 is 5.84 Å². The van der Waals surface area contributed by atoms with E-state index in [1.54, 1.807) is 0 Å². The molecular weight excluding hydrogens is 254 g/mol. The average molecular weight is 277 g/mol. The van der Waals surface area contributed by atoms with Gasteiger partial charge < -0.3 is 15.7 Å². The molecule has 0 radical (unpaired) electrons. The Kier molecular flexibility index (Phi) is 4.84. The van der Waals surface area contributed by atoms with Gasteiger partial charge in [-0.3, -0.25) is 4.90 Å². The van der Waals surface area contributed by atoms with Crippen molar-refractivity contribution in [1.82, 2.24) is 4.90 Å². The van der Waals surface area contributed by atoms with Gasteiger partial charge in [0.05, 0.1) is 6.54 Å². The zero-order chi connectivity index (χ0) is 14.5. The largest absolute Gasteiger partial charge is 0.488 e. The summed E-state index contributed by atoms with van der Waals surface area (Å²) in [5, 5.41) is 11.7. The predicted octanol–water partition coefficient (Wildman–Crippen LogP) is 1.76. The van der Waals surface area contributed by atoms with E-state index in [1.807, 2.05) is 6.07 Å². The van der Waals surface area contributed by atoms with Crippen LogP contribution in [0.25, 0.3) is 0 Å². The predicted molar refractivity (Wildman–Crippen MR) is 79.4 cm³/mol. The van der Waals surface area contributed by atoms with Gasteiger partial charge >= 0.3 is 0 Å². The summed E-state index contributed by atoms with van der Waals surface area (Å²) in [7, 11) is 0. The van der Waals surface area contributed by atoms with Crippen molar-refractivity contribution < 1.29 is 9.94 Å². The van der Waals surface area contributed by atoms with Gasteiger partial charge in [0, 0.05) is 13.0 Å². The first-order valence-corrected chi connectivity index (χ1v) is 7.07. The maximum atomic E-state index is 8.69. The molecule has 1 atom stereocenters. The Morgan fingerprint density at radius 1 is 1.55 bits per heavy atom. The number of aryl methyl sites for hydroxylation is 1. The lowest BCUT2D eigenvalue weighted by molar-refractivity contribution is 0.160. The molecule has 1 aromatic rings. The van der Waals surface area contributed by atoms with E-state index in [9.17, 15) is 0 Å². The van der Waals surface area contributed by atoms with E-state index >= 15 is 0 Å². The summed E-state index contributed by atoms with van der Waals surface area (Å²) in [6.07, 6.45) is 2.09. The maximum absolute atomic E-state index is 8.69. The zero-order valence-electron chi connectivity index (χ0n) is 12.2. The number of hydrogen-bond donors (Lipinski definition) is 2. The molecule has 0 spiro atoms. The number of fused-ring (bicyclic) bond motifs is 1. The van der Waals surface area contributed by atoms with Crippen molar-refractivity contribution in [3.63, 3.8) is 0 Å². The molecule has 110 valence electrons. The van der Waals surface area contributed by atoms with Gasteiger partial charge in [-0.15, -0.1) is 0 Å². The van der Waals surface area contributed by atoms with Crippen molar-refractivity contribution in [2.24, 2.45) is 10.9 Å². The number of nitrogens with zero attached hydrogens (tertiary/aromatic N) is 2. The van der Waals surface area contributed by atoms with Gasteiger partial charge in [-0.1, -0.05) is 29.8 Å². The Bertz CT molecular complexity index is 488. The second-order valence-electron chi connectivity index (χ2n) is 5.38. The molecule has 1 heterocycles. The highest BCUT2D eigenvalue weighted by Gasteiger charge is 2.25. The summed E-state index contributed by atoms with van der Waals surface area (Å²) >= 11 is 0. The lowest BCUT2D eigenvalue weighted by Crippen LogP contribution is -2.40. The first-order valence-electron chi connectivity index (χ1n) is 7.07. The minimum atomic E-state index is 0.143. The summed E-state index contributed by atoms with van der Waals surface area (Å²) in [6.45, 7) is 6.38. The minimum absolute atomic E-state index is 0.143. The topological polar surface area (TPSA) is 71.1 Å². The molecule has 2 rings (SSSR count). The quantitative estimate of drug-likeness (QED) is 0.360. The molecule has 0 fully saturated rings. The van der Waals surface area contributed by atoms with E-state index in [1.165, 1.54) is 11.1 Å². The third kappa shape index (κ3) is 3.63. The minimum Gasteiger partial charge on any atom is -0.488 e. The Labute approximate surface area is 120 Å².